The van der Waals surface area contributed by atoms with Crippen molar-refractivity contribution in [3.63, 3.8) is 0 Å². The summed E-state index contributed by atoms with van der Waals surface area (Å²) in [6.45, 7) is 0. The Morgan fingerprint density at radius 1 is 1.23 bits per heavy atom. The summed E-state index contributed by atoms with van der Waals surface area (Å²) in [5, 5.41) is 0. The zero-order valence-corrected chi connectivity index (χ0v) is 8.83. The fourth-order valence-corrected chi connectivity index (χ4v) is 1.79. The Labute approximate surface area is 84.0 Å². The predicted molar refractivity (Wildman–Crippen MR) is 48.0 cm³/mol. The number of carbonyl (C=O) groups excluding carboxylic acids is 2. The summed E-state index contributed by atoms with van der Waals surface area (Å²) in [6.07, 6.45) is 0. The Morgan fingerprint density at radius 3 is 1.85 bits per heavy atom. The van der Waals surface area contributed by atoms with Gasteiger partial charge in [0.2, 0.25) is 0 Å². The molecule has 1 rings (SSSR count). The summed E-state index contributed by atoms with van der Waals surface area (Å²) in [7, 11) is 2.59. The fourth-order valence-electron chi connectivity index (χ4n) is 1.22. The van der Waals surface area contributed by atoms with Gasteiger partial charge in [-0.1, -0.05) is 15.9 Å². The van der Waals surface area contributed by atoms with Gasteiger partial charge in [0.1, 0.15) is 0 Å². The van der Waals surface area contributed by atoms with Crippen molar-refractivity contribution in [2.24, 2.45) is 11.8 Å². The molecule has 0 heterocycles. The zero-order chi connectivity index (χ0) is 10.0. The maximum atomic E-state index is 11.1. The van der Waals surface area contributed by atoms with Gasteiger partial charge in [-0.3, -0.25) is 9.59 Å². The van der Waals surface area contributed by atoms with Gasteiger partial charge in [0, 0.05) is 0 Å². The summed E-state index contributed by atoms with van der Waals surface area (Å²) in [4.78, 5) is 23.7. The van der Waals surface area contributed by atoms with E-state index < -0.39 is 23.8 Å². The Morgan fingerprint density at radius 2 is 1.62 bits per heavy atom. The summed E-state index contributed by atoms with van der Waals surface area (Å²) in [5.74, 6) is -1.73. The topological polar surface area (TPSA) is 52.6 Å². The minimum atomic E-state index is -0.461. The van der Waals surface area contributed by atoms with E-state index >= 15 is 0 Å². The van der Waals surface area contributed by atoms with Crippen molar-refractivity contribution in [1.29, 1.82) is 0 Å². The van der Waals surface area contributed by atoms with Crippen LogP contribution in [0, 0.1) is 11.8 Å². The number of hydrogen-bond acceptors (Lipinski definition) is 4. The van der Waals surface area contributed by atoms with Crippen molar-refractivity contribution in [1.82, 2.24) is 0 Å². The van der Waals surface area contributed by atoms with Crippen LogP contribution >= 0.6 is 15.9 Å². The van der Waals surface area contributed by atoms with Crippen LogP contribution < -0.4 is 0 Å². The molecule has 1 fully saturated rings. The first kappa shape index (κ1) is 10.2. The number of hydrogen-bond donors (Lipinski definition) is 0. The van der Waals surface area contributed by atoms with Crippen LogP contribution in [0.3, 0.4) is 0 Å². The Balaban J connectivity index is 2.71. The highest BCUT2D eigenvalue weighted by Gasteiger charge is 2.55. The van der Waals surface area contributed by atoms with Crippen LogP contribution in [0.4, 0.5) is 0 Å². The van der Waals surface area contributed by atoms with Crippen molar-refractivity contribution in [3.05, 3.63) is 10.6 Å². The van der Waals surface area contributed by atoms with E-state index in [1.807, 2.05) is 0 Å². The summed E-state index contributed by atoms with van der Waals surface area (Å²) in [5.41, 5.74) is 0.707. The van der Waals surface area contributed by atoms with Gasteiger partial charge < -0.3 is 9.47 Å². The van der Waals surface area contributed by atoms with Gasteiger partial charge in [-0.15, -0.1) is 0 Å². The lowest BCUT2D eigenvalue weighted by Crippen LogP contribution is -2.10. The largest absolute Gasteiger partial charge is 0.469 e. The molecule has 0 aromatic rings. The molecule has 0 aromatic heterocycles. The average Bonchev–Trinajstić information content (AvgIpc) is 2.89. The maximum absolute atomic E-state index is 11.1. The second-order valence-electron chi connectivity index (χ2n) is 2.61. The number of rotatable bonds is 2. The van der Waals surface area contributed by atoms with Gasteiger partial charge in [0.25, 0.3) is 0 Å². The van der Waals surface area contributed by atoms with Crippen LogP contribution in [0.1, 0.15) is 0 Å². The van der Waals surface area contributed by atoms with E-state index in [1.165, 1.54) is 14.2 Å². The smallest absolute Gasteiger partial charge is 0.314 e. The molecule has 1 saturated carbocycles. The first-order chi connectivity index (χ1) is 6.17. The Hall–Kier alpha value is -0.840. The molecular formula is C8H9BrO4. The standard InChI is InChI=1S/C8H9BrO4/c1-12-7(10)5-4(3-9)6(5)8(11)13-2/h3,5-6H,1-2H3/t5-,6-/m0/s1. The van der Waals surface area contributed by atoms with Crippen molar-refractivity contribution in [2.75, 3.05) is 14.2 Å². The molecule has 0 amide bonds. The molecule has 0 radical (unpaired) electrons. The summed E-state index contributed by atoms with van der Waals surface area (Å²) < 4.78 is 9.05. The molecule has 1 aliphatic carbocycles. The Kier molecular flexibility index (Phi) is 3.08. The van der Waals surface area contributed by atoms with E-state index in [1.54, 1.807) is 4.99 Å². The Bertz CT molecular complexity index is 247. The third-order valence-corrected chi connectivity index (χ3v) is 2.51. The quantitative estimate of drug-likeness (QED) is 0.681. The lowest BCUT2D eigenvalue weighted by Gasteiger charge is -1.95. The highest BCUT2D eigenvalue weighted by atomic mass is 79.9. The molecule has 5 heteroatoms. The fraction of sp³-hybridized carbons (Fsp3) is 0.500. The van der Waals surface area contributed by atoms with Crippen molar-refractivity contribution < 1.29 is 19.1 Å². The van der Waals surface area contributed by atoms with Crippen molar-refractivity contribution in [3.8, 4) is 0 Å². The number of methoxy groups -OCH3 is 2. The molecule has 2 atom stereocenters. The van der Waals surface area contributed by atoms with Crippen LogP contribution in [0.15, 0.2) is 10.6 Å². The van der Waals surface area contributed by atoms with Gasteiger partial charge in [-0.2, -0.15) is 0 Å². The molecule has 0 bridgehead atoms. The highest BCUT2D eigenvalue weighted by Crippen LogP contribution is 2.47. The molecule has 13 heavy (non-hydrogen) atoms. The maximum Gasteiger partial charge on any atom is 0.314 e. The molecule has 0 N–H and O–H groups in total. The lowest BCUT2D eigenvalue weighted by atomic mass is 10.3. The van der Waals surface area contributed by atoms with Gasteiger partial charge in [0.05, 0.1) is 26.1 Å². The normalized spacial score (nSPS) is 25.0. The van der Waals surface area contributed by atoms with Crippen molar-refractivity contribution >= 4 is 27.9 Å². The first-order valence-electron chi connectivity index (χ1n) is 3.63. The molecule has 72 valence electrons. The molecule has 0 saturated heterocycles. The van der Waals surface area contributed by atoms with Gasteiger partial charge in [-0.05, 0) is 10.6 Å². The first-order valence-corrected chi connectivity index (χ1v) is 4.54. The van der Waals surface area contributed by atoms with Gasteiger partial charge >= 0.3 is 11.9 Å². The van der Waals surface area contributed by atoms with E-state index in [9.17, 15) is 9.59 Å². The number of halogens is 1. The molecule has 0 spiro atoms. The number of carbonyl (C=O) groups is 2. The van der Waals surface area contributed by atoms with E-state index in [0.29, 0.717) is 5.57 Å². The van der Waals surface area contributed by atoms with Gasteiger partial charge in [0.15, 0.2) is 0 Å². The number of ether oxygens (including phenoxy) is 2. The van der Waals surface area contributed by atoms with Crippen LogP contribution in [-0.4, -0.2) is 26.2 Å². The highest BCUT2D eigenvalue weighted by molar-refractivity contribution is 9.11. The predicted octanol–water partition coefficient (Wildman–Crippen LogP) is 0.857. The molecule has 0 unspecified atom stereocenters. The van der Waals surface area contributed by atoms with E-state index in [2.05, 4.69) is 25.4 Å². The molecule has 4 nitrogen and oxygen atoms in total. The third-order valence-electron chi connectivity index (χ3n) is 1.98. The van der Waals surface area contributed by atoms with E-state index in [4.69, 9.17) is 0 Å². The minimum Gasteiger partial charge on any atom is -0.469 e. The molecule has 1 aliphatic rings. The summed E-state index contributed by atoms with van der Waals surface area (Å²) >= 11 is 3.07. The van der Waals surface area contributed by atoms with Crippen LogP contribution in [0.5, 0.6) is 0 Å². The SMILES string of the molecule is COC(=O)[C@H]1C(=CBr)[C@@H]1C(=O)OC. The van der Waals surface area contributed by atoms with Crippen LogP contribution in [0.25, 0.3) is 0 Å². The van der Waals surface area contributed by atoms with E-state index in [0.717, 1.165) is 0 Å². The average molecular weight is 249 g/mol. The second-order valence-corrected chi connectivity index (χ2v) is 3.07. The van der Waals surface area contributed by atoms with Gasteiger partial charge in [-0.25, -0.2) is 0 Å². The van der Waals surface area contributed by atoms with Crippen LogP contribution in [0.2, 0.25) is 0 Å². The zero-order valence-electron chi connectivity index (χ0n) is 7.24. The molecule has 0 aliphatic heterocycles. The van der Waals surface area contributed by atoms with Crippen molar-refractivity contribution in [2.45, 2.75) is 0 Å². The molecule has 0 aromatic carbocycles. The summed E-state index contributed by atoms with van der Waals surface area (Å²) in [6, 6.07) is 0. The molecular weight excluding hydrogens is 240 g/mol. The van der Waals surface area contributed by atoms with E-state index in [-0.39, 0.29) is 0 Å². The second kappa shape index (κ2) is 3.91. The van der Waals surface area contributed by atoms with Crippen LogP contribution in [-0.2, 0) is 19.1 Å². The lowest BCUT2D eigenvalue weighted by molar-refractivity contribution is -0.148. The number of esters is 2. The third kappa shape index (κ3) is 1.75. The monoisotopic (exact) mass is 248 g/mol. The minimum absolute atomic E-state index is 0.402.